The van der Waals surface area contributed by atoms with Gasteiger partial charge in [0.15, 0.2) is 0 Å². The maximum absolute atomic E-state index is 13.9. The minimum atomic E-state index is -0.237. The predicted octanol–water partition coefficient (Wildman–Crippen LogP) is 2.52. The molecule has 3 saturated carbocycles. The Morgan fingerprint density at radius 2 is 2.14 bits per heavy atom. The predicted molar refractivity (Wildman–Crippen MR) is 73.1 cm³/mol. The lowest BCUT2D eigenvalue weighted by Gasteiger charge is -2.23. The van der Waals surface area contributed by atoms with Crippen LogP contribution in [0.2, 0.25) is 0 Å². The number of hydrogen-bond acceptors (Lipinski definition) is 3. The van der Waals surface area contributed by atoms with Gasteiger partial charge < -0.3 is 4.74 Å². The third kappa shape index (κ3) is 0.843. The molecule has 2 aromatic rings. The summed E-state index contributed by atoms with van der Waals surface area (Å²) >= 11 is 0. The number of hydrogen-bond donors (Lipinski definition) is 0. The molecule has 1 aromatic heterocycles. The average molecular weight is 280 g/mol. The van der Waals surface area contributed by atoms with Gasteiger partial charge in [0.2, 0.25) is 0 Å². The molecule has 0 amide bonds. The number of nitrogens with zero attached hydrogens (tertiary/aromatic N) is 2. The number of rotatable bonds is 3. The zero-order valence-electron chi connectivity index (χ0n) is 11.5. The fourth-order valence-electron chi connectivity index (χ4n) is 5.64. The molecule has 4 heteroatoms. The molecule has 104 valence electrons. The van der Waals surface area contributed by atoms with Crippen LogP contribution >= 0.6 is 0 Å². The molecule has 0 radical (unpaired) electrons. The number of methoxy groups -OCH3 is 1. The maximum atomic E-state index is 13.9. The van der Waals surface area contributed by atoms with Gasteiger partial charge in [0, 0.05) is 18.1 Å². The molecule has 5 atom stereocenters. The van der Waals surface area contributed by atoms with Crippen molar-refractivity contribution < 1.29 is 9.13 Å². The standard InChI is InChI=1S/C17H13FN2O/c1-21-7-16-14-13-12(17(13,14)16)9-6-11(19-20-15(9)16)8-4-2-3-5-10(8)18/h2-6,12-14H,7H2,1H3. The van der Waals surface area contributed by atoms with E-state index in [2.05, 4.69) is 16.3 Å². The topological polar surface area (TPSA) is 35.0 Å². The molecule has 5 unspecified atom stereocenters. The lowest BCUT2D eigenvalue weighted by atomic mass is 9.86. The number of halogens is 1. The monoisotopic (exact) mass is 280 g/mol. The lowest BCUT2D eigenvalue weighted by molar-refractivity contribution is 0.146. The van der Waals surface area contributed by atoms with E-state index in [4.69, 9.17) is 4.74 Å². The Bertz CT molecular complexity index is 837. The summed E-state index contributed by atoms with van der Waals surface area (Å²) in [6.07, 6.45) is 0. The Morgan fingerprint density at radius 1 is 1.29 bits per heavy atom. The number of benzene rings is 1. The van der Waals surface area contributed by atoms with E-state index in [0.717, 1.165) is 24.1 Å². The normalized spacial score (nSPS) is 42.1. The fourth-order valence-corrected chi connectivity index (χ4v) is 5.64. The van der Waals surface area contributed by atoms with Crippen LogP contribution in [0.25, 0.3) is 11.3 Å². The Hall–Kier alpha value is -1.81. The van der Waals surface area contributed by atoms with Crippen LogP contribution in [0, 0.1) is 23.1 Å². The minimum Gasteiger partial charge on any atom is -0.384 e. The van der Waals surface area contributed by atoms with E-state index in [0.29, 0.717) is 22.6 Å². The van der Waals surface area contributed by atoms with E-state index in [1.54, 1.807) is 19.2 Å². The van der Waals surface area contributed by atoms with Crippen molar-refractivity contribution in [2.24, 2.45) is 17.3 Å². The molecule has 0 aliphatic heterocycles. The summed E-state index contributed by atoms with van der Waals surface area (Å²) < 4.78 is 19.4. The van der Waals surface area contributed by atoms with Crippen LogP contribution in [0.5, 0.6) is 0 Å². The smallest absolute Gasteiger partial charge is 0.132 e. The molecule has 0 saturated heterocycles. The van der Waals surface area contributed by atoms with Crippen LogP contribution in [0.4, 0.5) is 4.39 Å². The Kier molecular flexibility index (Phi) is 1.49. The van der Waals surface area contributed by atoms with E-state index in [1.165, 1.54) is 11.6 Å². The lowest BCUT2D eigenvalue weighted by Crippen LogP contribution is -2.27. The quantitative estimate of drug-likeness (QED) is 0.866. The molecule has 6 rings (SSSR count). The van der Waals surface area contributed by atoms with Crippen LogP contribution in [-0.2, 0) is 10.2 Å². The highest BCUT2D eigenvalue weighted by Crippen LogP contribution is 3.14. The van der Waals surface area contributed by atoms with E-state index in [9.17, 15) is 4.39 Å². The number of ether oxygens (including phenoxy) is 1. The molecule has 1 heterocycles. The van der Waals surface area contributed by atoms with E-state index >= 15 is 0 Å². The molecule has 3 fully saturated rings. The largest absolute Gasteiger partial charge is 0.384 e. The molecule has 21 heavy (non-hydrogen) atoms. The van der Waals surface area contributed by atoms with Crippen LogP contribution in [0.3, 0.4) is 0 Å². The molecule has 1 spiro atoms. The summed E-state index contributed by atoms with van der Waals surface area (Å²) in [7, 11) is 1.76. The van der Waals surface area contributed by atoms with Gasteiger partial charge in [0.1, 0.15) is 5.82 Å². The van der Waals surface area contributed by atoms with Gasteiger partial charge in [0.25, 0.3) is 0 Å². The summed E-state index contributed by atoms with van der Waals surface area (Å²) in [4.78, 5) is 0. The van der Waals surface area contributed by atoms with Crippen molar-refractivity contribution in [1.29, 1.82) is 0 Å². The Labute approximate surface area is 121 Å². The summed E-state index contributed by atoms with van der Waals surface area (Å²) in [6.45, 7) is 0.755. The van der Waals surface area contributed by atoms with Crippen molar-refractivity contribution in [3.8, 4) is 11.3 Å². The van der Waals surface area contributed by atoms with E-state index in [1.807, 2.05) is 6.07 Å². The first-order chi connectivity index (χ1) is 10.3. The van der Waals surface area contributed by atoms with Crippen LogP contribution in [0.1, 0.15) is 17.2 Å². The highest BCUT2D eigenvalue weighted by molar-refractivity contribution is 5.77. The van der Waals surface area contributed by atoms with Crippen molar-refractivity contribution in [1.82, 2.24) is 10.2 Å². The zero-order chi connectivity index (χ0) is 14.0. The van der Waals surface area contributed by atoms with Gasteiger partial charge in [-0.05, 0) is 46.9 Å². The van der Waals surface area contributed by atoms with Gasteiger partial charge in [-0.25, -0.2) is 4.39 Å². The maximum Gasteiger partial charge on any atom is 0.132 e. The first-order valence-electron chi connectivity index (χ1n) is 7.40. The van der Waals surface area contributed by atoms with Crippen molar-refractivity contribution in [2.45, 2.75) is 11.3 Å². The molecular weight excluding hydrogens is 267 g/mol. The Morgan fingerprint density at radius 3 is 2.95 bits per heavy atom. The SMILES string of the molecule is COCC12c3nnc(-c4ccccc4F)cc3C3C4C1C342. The van der Waals surface area contributed by atoms with E-state index in [-0.39, 0.29) is 11.2 Å². The van der Waals surface area contributed by atoms with Gasteiger partial charge in [-0.2, -0.15) is 10.2 Å². The van der Waals surface area contributed by atoms with Crippen molar-refractivity contribution >= 4 is 0 Å². The van der Waals surface area contributed by atoms with E-state index < -0.39 is 0 Å². The third-order valence-corrected chi connectivity index (χ3v) is 6.40. The molecule has 1 aromatic carbocycles. The first-order valence-corrected chi connectivity index (χ1v) is 7.40. The molecule has 3 nitrogen and oxygen atoms in total. The molecule has 4 aliphatic rings. The highest BCUT2D eigenvalue weighted by atomic mass is 19.1. The second kappa shape index (κ2) is 2.88. The Balaban J connectivity index is 1.51. The minimum absolute atomic E-state index is 0.160. The highest BCUT2D eigenvalue weighted by Gasteiger charge is 3.13. The zero-order valence-corrected chi connectivity index (χ0v) is 11.5. The van der Waals surface area contributed by atoms with Gasteiger partial charge in [0.05, 0.1) is 18.0 Å². The van der Waals surface area contributed by atoms with Crippen molar-refractivity contribution in [3.05, 3.63) is 47.4 Å². The van der Waals surface area contributed by atoms with Gasteiger partial charge in [-0.3, -0.25) is 0 Å². The molecular formula is C17H13FN2O. The molecule has 0 bridgehead atoms. The van der Waals surface area contributed by atoms with Crippen LogP contribution < -0.4 is 0 Å². The van der Waals surface area contributed by atoms with Crippen LogP contribution in [-0.4, -0.2) is 23.9 Å². The average Bonchev–Trinajstić information content (AvgIpc) is 3.40. The van der Waals surface area contributed by atoms with Gasteiger partial charge >= 0.3 is 0 Å². The summed E-state index contributed by atoms with van der Waals surface area (Å²) in [5, 5.41) is 8.79. The second-order valence-corrected chi connectivity index (χ2v) is 6.83. The summed E-state index contributed by atoms with van der Waals surface area (Å²) in [6, 6.07) is 8.83. The number of aromatic nitrogens is 2. The third-order valence-electron chi connectivity index (χ3n) is 6.40. The first kappa shape index (κ1) is 10.9. The number of fused-ring (bicyclic) bond motifs is 6. The second-order valence-electron chi connectivity index (χ2n) is 6.83. The van der Waals surface area contributed by atoms with Crippen molar-refractivity contribution in [3.63, 3.8) is 0 Å². The van der Waals surface area contributed by atoms with Crippen LogP contribution in [0.15, 0.2) is 30.3 Å². The van der Waals surface area contributed by atoms with Gasteiger partial charge in [-0.15, -0.1) is 0 Å². The van der Waals surface area contributed by atoms with Crippen molar-refractivity contribution in [2.75, 3.05) is 13.7 Å². The molecule has 0 N–H and O–H groups in total. The summed E-state index contributed by atoms with van der Waals surface area (Å²) in [5.74, 6) is 2.07. The fraction of sp³-hybridized carbons (Fsp3) is 0.412. The summed E-state index contributed by atoms with van der Waals surface area (Å²) in [5.41, 5.74) is 4.26. The van der Waals surface area contributed by atoms with Gasteiger partial charge in [-0.1, -0.05) is 12.1 Å². The molecule has 4 aliphatic carbocycles.